The molecule has 1 heterocycles. The number of anilines is 1. The average Bonchev–Trinajstić information content (AvgIpc) is 2.40. The number of hydrogen-bond acceptors (Lipinski definition) is 4. The Bertz CT molecular complexity index is 733. The fraction of sp³-hybridized carbons (Fsp3) is 0.188. The Labute approximate surface area is 123 Å². The smallest absolute Gasteiger partial charge is 0.221 e. The molecule has 0 saturated carbocycles. The molecule has 1 aromatic heterocycles. The van der Waals surface area contributed by atoms with E-state index in [2.05, 4.69) is 16.4 Å². The number of ether oxygens (including phenoxy) is 1. The van der Waals surface area contributed by atoms with Crippen LogP contribution in [0.15, 0.2) is 30.3 Å². The number of nitrogens with zero attached hydrogens (tertiary/aromatic N) is 2. The van der Waals surface area contributed by atoms with E-state index in [1.165, 1.54) is 6.92 Å². The maximum Gasteiger partial charge on any atom is 0.221 e. The van der Waals surface area contributed by atoms with E-state index in [-0.39, 0.29) is 5.91 Å². The van der Waals surface area contributed by atoms with Crippen molar-refractivity contribution < 1.29 is 9.53 Å². The van der Waals surface area contributed by atoms with Crippen LogP contribution in [0.1, 0.15) is 23.9 Å². The number of rotatable bonds is 3. The molecule has 0 aliphatic heterocycles. The first kappa shape index (κ1) is 14.5. The third kappa shape index (κ3) is 3.37. The lowest BCUT2D eigenvalue weighted by Gasteiger charge is -2.13. The summed E-state index contributed by atoms with van der Waals surface area (Å²) in [5, 5.41) is 11.9. The molecule has 0 spiro atoms. The number of nitriles is 1. The van der Waals surface area contributed by atoms with E-state index < -0.39 is 0 Å². The molecule has 0 unspecified atom stereocenters. The second-order valence-electron chi connectivity index (χ2n) is 4.61. The Kier molecular flexibility index (Phi) is 4.19. The van der Waals surface area contributed by atoms with Gasteiger partial charge in [0.05, 0.1) is 11.4 Å². The lowest BCUT2D eigenvalue weighted by molar-refractivity contribution is -0.114. The molecule has 0 saturated heterocycles. The van der Waals surface area contributed by atoms with Crippen LogP contribution < -0.4 is 10.1 Å². The summed E-state index contributed by atoms with van der Waals surface area (Å²) >= 11 is 0. The van der Waals surface area contributed by atoms with Crippen LogP contribution >= 0.6 is 0 Å². The Hall–Kier alpha value is -2.87. The van der Waals surface area contributed by atoms with E-state index in [0.717, 1.165) is 5.69 Å². The van der Waals surface area contributed by atoms with Crippen LogP contribution in [0, 0.1) is 25.2 Å². The summed E-state index contributed by atoms with van der Waals surface area (Å²) in [4.78, 5) is 15.5. The molecule has 0 aliphatic rings. The van der Waals surface area contributed by atoms with Gasteiger partial charge in [-0.1, -0.05) is 12.1 Å². The van der Waals surface area contributed by atoms with Gasteiger partial charge in [-0.2, -0.15) is 5.26 Å². The fourth-order valence-electron chi connectivity index (χ4n) is 1.98. The van der Waals surface area contributed by atoms with Gasteiger partial charge in [-0.15, -0.1) is 0 Å². The number of aryl methyl sites for hydroxylation is 2. The Morgan fingerprint density at radius 3 is 2.67 bits per heavy atom. The molecule has 0 aliphatic carbocycles. The summed E-state index contributed by atoms with van der Waals surface area (Å²) in [6.45, 7) is 5.02. The number of benzene rings is 1. The molecule has 106 valence electrons. The maximum atomic E-state index is 11.2. The second kappa shape index (κ2) is 6.06. The van der Waals surface area contributed by atoms with Crippen LogP contribution in [-0.4, -0.2) is 10.9 Å². The van der Waals surface area contributed by atoms with Gasteiger partial charge >= 0.3 is 0 Å². The van der Waals surface area contributed by atoms with Gasteiger partial charge in [0.2, 0.25) is 5.91 Å². The number of pyridine rings is 1. The summed E-state index contributed by atoms with van der Waals surface area (Å²) in [5.74, 6) is 0.725. The topological polar surface area (TPSA) is 75.0 Å². The summed E-state index contributed by atoms with van der Waals surface area (Å²) in [6, 6.07) is 10.9. The van der Waals surface area contributed by atoms with Crippen molar-refractivity contribution >= 4 is 11.6 Å². The largest absolute Gasteiger partial charge is 0.454 e. The third-order valence-corrected chi connectivity index (χ3v) is 2.82. The fourth-order valence-corrected chi connectivity index (χ4v) is 1.98. The zero-order valence-corrected chi connectivity index (χ0v) is 12.1. The van der Waals surface area contributed by atoms with Gasteiger partial charge in [-0.3, -0.25) is 9.78 Å². The standard InChI is InChI=1S/C16H15N3O2/c1-10-8-16(13(9-17)11(2)18-10)21-15-7-5-4-6-14(15)19-12(3)20/h4-8H,1-3H3,(H,19,20). The molecule has 1 N–H and O–H groups in total. The van der Waals surface area contributed by atoms with Crippen molar-refractivity contribution in [3.05, 3.63) is 47.3 Å². The zero-order chi connectivity index (χ0) is 15.4. The van der Waals surface area contributed by atoms with Gasteiger partial charge in [0.15, 0.2) is 5.75 Å². The molecule has 1 aromatic carbocycles. The van der Waals surface area contributed by atoms with Crippen molar-refractivity contribution in [2.45, 2.75) is 20.8 Å². The Balaban J connectivity index is 2.44. The van der Waals surface area contributed by atoms with Crippen LogP contribution in [0.25, 0.3) is 0 Å². The lowest BCUT2D eigenvalue weighted by Crippen LogP contribution is -2.07. The molecular formula is C16H15N3O2. The van der Waals surface area contributed by atoms with Gasteiger partial charge in [0.25, 0.3) is 0 Å². The number of carbonyl (C=O) groups is 1. The Morgan fingerprint density at radius 2 is 2.00 bits per heavy atom. The normalized spacial score (nSPS) is 9.81. The number of carbonyl (C=O) groups excluding carboxylic acids is 1. The molecule has 21 heavy (non-hydrogen) atoms. The summed E-state index contributed by atoms with van der Waals surface area (Å²) in [7, 11) is 0. The van der Waals surface area contributed by atoms with Gasteiger partial charge in [0.1, 0.15) is 17.4 Å². The van der Waals surface area contributed by atoms with Crippen molar-refractivity contribution in [3.8, 4) is 17.6 Å². The highest BCUT2D eigenvalue weighted by Crippen LogP contribution is 2.32. The predicted molar refractivity (Wildman–Crippen MR) is 79.2 cm³/mol. The van der Waals surface area contributed by atoms with E-state index in [1.54, 1.807) is 37.3 Å². The molecule has 2 aromatic rings. The van der Waals surface area contributed by atoms with Crippen LogP contribution in [0.4, 0.5) is 5.69 Å². The van der Waals surface area contributed by atoms with E-state index in [0.29, 0.717) is 28.4 Å². The van der Waals surface area contributed by atoms with Gasteiger partial charge in [-0.05, 0) is 26.0 Å². The first-order chi connectivity index (χ1) is 10.0. The van der Waals surface area contributed by atoms with Gasteiger partial charge in [-0.25, -0.2) is 0 Å². The number of aromatic nitrogens is 1. The molecular weight excluding hydrogens is 266 g/mol. The number of para-hydroxylation sites is 2. The first-order valence-corrected chi connectivity index (χ1v) is 6.44. The van der Waals surface area contributed by atoms with Crippen molar-refractivity contribution in [1.29, 1.82) is 5.26 Å². The number of nitrogens with one attached hydrogen (secondary N) is 1. The average molecular weight is 281 g/mol. The van der Waals surface area contributed by atoms with Crippen molar-refractivity contribution in [3.63, 3.8) is 0 Å². The van der Waals surface area contributed by atoms with E-state index in [1.807, 2.05) is 6.92 Å². The molecule has 0 bridgehead atoms. The summed E-state index contributed by atoms with van der Waals surface area (Å²) < 4.78 is 5.82. The molecule has 2 rings (SSSR count). The number of amides is 1. The maximum absolute atomic E-state index is 11.2. The van der Waals surface area contributed by atoms with Crippen molar-refractivity contribution in [2.24, 2.45) is 0 Å². The molecule has 5 heteroatoms. The van der Waals surface area contributed by atoms with E-state index in [9.17, 15) is 10.1 Å². The van der Waals surface area contributed by atoms with Crippen LogP contribution in [0.5, 0.6) is 11.5 Å². The van der Waals surface area contributed by atoms with Crippen molar-refractivity contribution in [2.75, 3.05) is 5.32 Å². The zero-order valence-electron chi connectivity index (χ0n) is 12.1. The van der Waals surface area contributed by atoms with Crippen LogP contribution in [-0.2, 0) is 4.79 Å². The molecule has 5 nitrogen and oxygen atoms in total. The molecule has 1 amide bonds. The molecule has 0 atom stereocenters. The quantitative estimate of drug-likeness (QED) is 0.936. The Morgan fingerprint density at radius 1 is 1.29 bits per heavy atom. The minimum Gasteiger partial charge on any atom is -0.454 e. The summed E-state index contributed by atoms with van der Waals surface area (Å²) in [6.07, 6.45) is 0. The molecule has 0 fully saturated rings. The van der Waals surface area contributed by atoms with Gasteiger partial charge < -0.3 is 10.1 Å². The SMILES string of the molecule is CC(=O)Nc1ccccc1Oc1cc(C)nc(C)c1C#N. The number of hydrogen-bond donors (Lipinski definition) is 1. The van der Waals surface area contributed by atoms with Crippen LogP contribution in [0.2, 0.25) is 0 Å². The minimum atomic E-state index is -0.186. The molecule has 0 radical (unpaired) electrons. The van der Waals surface area contributed by atoms with Gasteiger partial charge in [0, 0.05) is 18.7 Å². The first-order valence-electron chi connectivity index (χ1n) is 6.44. The predicted octanol–water partition coefficient (Wildman–Crippen LogP) is 3.32. The highest BCUT2D eigenvalue weighted by molar-refractivity contribution is 5.90. The third-order valence-electron chi connectivity index (χ3n) is 2.82. The van der Waals surface area contributed by atoms with Crippen molar-refractivity contribution in [1.82, 2.24) is 4.98 Å². The van der Waals surface area contributed by atoms with E-state index >= 15 is 0 Å². The monoisotopic (exact) mass is 281 g/mol. The highest BCUT2D eigenvalue weighted by Gasteiger charge is 2.12. The minimum absolute atomic E-state index is 0.186. The highest BCUT2D eigenvalue weighted by atomic mass is 16.5. The van der Waals surface area contributed by atoms with Crippen LogP contribution in [0.3, 0.4) is 0 Å². The lowest BCUT2D eigenvalue weighted by atomic mass is 10.2. The van der Waals surface area contributed by atoms with E-state index in [4.69, 9.17) is 4.74 Å². The second-order valence-corrected chi connectivity index (χ2v) is 4.61. The summed E-state index contributed by atoms with van der Waals surface area (Å²) in [5.41, 5.74) is 2.32.